The molecule has 84 valence electrons. The molecule has 0 N–H and O–H groups in total. The number of hydrogen-bond donors (Lipinski definition) is 0. The highest BCUT2D eigenvalue weighted by Crippen LogP contribution is 2.27. The van der Waals surface area contributed by atoms with Crippen LogP contribution in [0.1, 0.15) is 5.69 Å². The van der Waals surface area contributed by atoms with Gasteiger partial charge in [-0.2, -0.15) is 0 Å². The van der Waals surface area contributed by atoms with Crippen LogP contribution in [-0.4, -0.2) is 22.1 Å². The van der Waals surface area contributed by atoms with Crippen LogP contribution in [0.5, 0.6) is 0 Å². The standard InChI is InChI=1S/C9H7BrClN3OS/c1-15-2-5-7(10)8(11)14-9(13-5)6-3-16-4-12-6/h3-4H,2H2,1H3. The van der Waals surface area contributed by atoms with Gasteiger partial charge >= 0.3 is 0 Å². The minimum atomic E-state index is 0.366. The second kappa shape index (κ2) is 5.18. The minimum absolute atomic E-state index is 0.366. The average Bonchev–Trinajstić information content (AvgIpc) is 2.78. The number of methoxy groups -OCH3 is 1. The molecule has 16 heavy (non-hydrogen) atoms. The van der Waals surface area contributed by atoms with Crippen molar-refractivity contribution < 1.29 is 4.74 Å². The number of hydrogen-bond acceptors (Lipinski definition) is 5. The highest BCUT2D eigenvalue weighted by Gasteiger charge is 2.12. The maximum Gasteiger partial charge on any atom is 0.180 e. The zero-order valence-electron chi connectivity index (χ0n) is 8.28. The second-order valence-corrected chi connectivity index (χ2v) is 4.78. The molecule has 2 rings (SSSR count). The van der Waals surface area contributed by atoms with Crippen molar-refractivity contribution in [3.05, 3.63) is 26.2 Å². The van der Waals surface area contributed by atoms with Crippen LogP contribution in [0, 0.1) is 0 Å². The van der Waals surface area contributed by atoms with Crippen molar-refractivity contribution >= 4 is 38.9 Å². The number of halogens is 2. The van der Waals surface area contributed by atoms with Gasteiger partial charge in [-0.05, 0) is 15.9 Å². The van der Waals surface area contributed by atoms with E-state index in [1.807, 2.05) is 5.38 Å². The molecule has 0 saturated heterocycles. The van der Waals surface area contributed by atoms with Gasteiger partial charge in [0.15, 0.2) is 5.82 Å². The quantitative estimate of drug-likeness (QED) is 0.815. The van der Waals surface area contributed by atoms with Gasteiger partial charge < -0.3 is 4.74 Å². The average molecular weight is 321 g/mol. The SMILES string of the molecule is COCc1nc(-c2cscn2)nc(Cl)c1Br. The van der Waals surface area contributed by atoms with Gasteiger partial charge in [0.1, 0.15) is 10.8 Å². The van der Waals surface area contributed by atoms with Crippen molar-refractivity contribution in [2.45, 2.75) is 6.61 Å². The number of thiazole rings is 1. The third kappa shape index (κ3) is 2.40. The van der Waals surface area contributed by atoms with Crippen molar-refractivity contribution in [1.29, 1.82) is 0 Å². The third-order valence-electron chi connectivity index (χ3n) is 1.82. The highest BCUT2D eigenvalue weighted by molar-refractivity contribution is 9.10. The lowest BCUT2D eigenvalue weighted by atomic mass is 10.4. The van der Waals surface area contributed by atoms with Crippen molar-refractivity contribution in [2.24, 2.45) is 0 Å². The fraction of sp³-hybridized carbons (Fsp3) is 0.222. The molecule has 2 aromatic heterocycles. The van der Waals surface area contributed by atoms with Gasteiger partial charge in [-0.1, -0.05) is 11.6 Å². The summed E-state index contributed by atoms with van der Waals surface area (Å²) in [7, 11) is 1.60. The molecular formula is C9H7BrClN3OS. The first-order chi connectivity index (χ1) is 7.72. The molecule has 0 saturated carbocycles. The van der Waals surface area contributed by atoms with E-state index in [-0.39, 0.29) is 0 Å². The van der Waals surface area contributed by atoms with E-state index in [1.54, 1.807) is 12.6 Å². The van der Waals surface area contributed by atoms with Gasteiger partial charge in [-0.25, -0.2) is 15.0 Å². The van der Waals surface area contributed by atoms with Crippen molar-refractivity contribution in [2.75, 3.05) is 7.11 Å². The lowest BCUT2D eigenvalue weighted by Gasteiger charge is -2.05. The molecule has 4 nitrogen and oxygen atoms in total. The Bertz CT molecular complexity index is 492. The van der Waals surface area contributed by atoms with E-state index in [0.29, 0.717) is 27.8 Å². The van der Waals surface area contributed by atoms with Gasteiger partial charge in [0.25, 0.3) is 0 Å². The Hall–Kier alpha value is -0.560. The Morgan fingerprint density at radius 3 is 2.94 bits per heavy atom. The predicted octanol–water partition coefficient (Wildman–Crippen LogP) is 3.16. The molecule has 0 unspecified atom stereocenters. The van der Waals surface area contributed by atoms with Crippen LogP contribution in [0.15, 0.2) is 15.4 Å². The first-order valence-electron chi connectivity index (χ1n) is 4.31. The Morgan fingerprint density at radius 2 is 2.31 bits per heavy atom. The van der Waals surface area contributed by atoms with Crippen LogP contribution in [0.25, 0.3) is 11.5 Å². The first-order valence-corrected chi connectivity index (χ1v) is 6.43. The summed E-state index contributed by atoms with van der Waals surface area (Å²) in [5, 5.41) is 2.24. The van der Waals surface area contributed by atoms with Gasteiger partial charge in [-0.15, -0.1) is 11.3 Å². The van der Waals surface area contributed by atoms with E-state index >= 15 is 0 Å². The van der Waals surface area contributed by atoms with E-state index in [0.717, 1.165) is 5.69 Å². The molecule has 0 radical (unpaired) electrons. The smallest absolute Gasteiger partial charge is 0.180 e. The summed E-state index contributed by atoms with van der Waals surface area (Å²) in [6, 6.07) is 0. The lowest BCUT2D eigenvalue weighted by Crippen LogP contribution is -2.00. The van der Waals surface area contributed by atoms with Crippen molar-refractivity contribution in [3.8, 4) is 11.5 Å². The van der Waals surface area contributed by atoms with Crippen molar-refractivity contribution in [1.82, 2.24) is 15.0 Å². The summed E-state index contributed by atoms with van der Waals surface area (Å²) >= 11 is 10.8. The molecule has 0 bridgehead atoms. The molecule has 0 spiro atoms. The van der Waals surface area contributed by atoms with E-state index in [4.69, 9.17) is 16.3 Å². The molecule has 7 heteroatoms. The van der Waals surface area contributed by atoms with Gasteiger partial charge in [0.05, 0.1) is 22.3 Å². The van der Waals surface area contributed by atoms with E-state index in [2.05, 4.69) is 30.9 Å². The molecule has 0 amide bonds. The van der Waals surface area contributed by atoms with Crippen LogP contribution < -0.4 is 0 Å². The minimum Gasteiger partial charge on any atom is -0.378 e. The summed E-state index contributed by atoms with van der Waals surface area (Å²) in [6.45, 7) is 0.375. The molecule has 0 aliphatic heterocycles. The first kappa shape index (κ1) is 11.9. The van der Waals surface area contributed by atoms with Crippen LogP contribution >= 0.6 is 38.9 Å². The zero-order valence-corrected chi connectivity index (χ0v) is 11.4. The normalized spacial score (nSPS) is 10.7. The van der Waals surface area contributed by atoms with E-state index in [1.165, 1.54) is 11.3 Å². The molecule has 0 aromatic carbocycles. The van der Waals surface area contributed by atoms with Crippen LogP contribution in [0.4, 0.5) is 0 Å². The molecule has 0 atom stereocenters. The number of rotatable bonds is 3. The van der Waals surface area contributed by atoms with Crippen LogP contribution in [0.3, 0.4) is 0 Å². The maximum absolute atomic E-state index is 5.99. The number of ether oxygens (including phenoxy) is 1. The summed E-state index contributed by atoms with van der Waals surface area (Å²) in [6.07, 6.45) is 0. The summed E-state index contributed by atoms with van der Waals surface area (Å²) in [4.78, 5) is 12.6. The largest absolute Gasteiger partial charge is 0.378 e. The topological polar surface area (TPSA) is 47.9 Å². The fourth-order valence-electron chi connectivity index (χ4n) is 1.13. The van der Waals surface area contributed by atoms with Gasteiger partial charge in [0.2, 0.25) is 0 Å². The lowest BCUT2D eigenvalue weighted by molar-refractivity contribution is 0.181. The summed E-state index contributed by atoms with van der Waals surface area (Å²) in [5.74, 6) is 0.515. The van der Waals surface area contributed by atoms with Crippen LogP contribution in [-0.2, 0) is 11.3 Å². The molecule has 2 heterocycles. The Kier molecular flexibility index (Phi) is 3.86. The van der Waals surface area contributed by atoms with Gasteiger partial charge in [-0.3, -0.25) is 0 Å². The molecule has 0 aliphatic carbocycles. The molecular weight excluding hydrogens is 314 g/mol. The predicted molar refractivity (Wildman–Crippen MR) is 66.6 cm³/mol. The summed E-state index contributed by atoms with van der Waals surface area (Å²) < 4.78 is 5.70. The van der Waals surface area contributed by atoms with Gasteiger partial charge in [0, 0.05) is 12.5 Å². The molecule has 2 aromatic rings. The van der Waals surface area contributed by atoms with E-state index in [9.17, 15) is 0 Å². The molecule has 0 fully saturated rings. The summed E-state index contributed by atoms with van der Waals surface area (Å²) in [5.41, 5.74) is 3.16. The fourth-order valence-corrected chi connectivity index (χ4v) is 2.14. The third-order valence-corrected chi connectivity index (χ3v) is 3.74. The number of aromatic nitrogens is 3. The molecule has 0 aliphatic rings. The van der Waals surface area contributed by atoms with E-state index < -0.39 is 0 Å². The Morgan fingerprint density at radius 1 is 1.50 bits per heavy atom. The maximum atomic E-state index is 5.99. The monoisotopic (exact) mass is 319 g/mol. The Labute approximate surface area is 110 Å². The number of nitrogens with zero attached hydrogens (tertiary/aromatic N) is 3. The highest BCUT2D eigenvalue weighted by atomic mass is 79.9. The zero-order chi connectivity index (χ0) is 11.5. The van der Waals surface area contributed by atoms with Crippen molar-refractivity contribution in [3.63, 3.8) is 0 Å². The Balaban J connectivity index is 2.48. The second-order valence-electron chi connectivity index (χ2n) is 2.91. The van der Waals surface area contributed by atoms with Crippen LogP contribution in [0.2, 0.25) is 5.15 Å².